The summed E-state index contributed by atoms with van der Waals surface area (Å²) in [4.78, 5) is 17.2. The Hall–Kier alpha value is -4.39. The number of carbonyl (C=O) groups is 1. The van der Waals surface area contributed by atoms with E-state index >= 15 is 0 Å². The van der Waals surface area contributed by atoms with E-state index in [1.54, 1.807) is 24.3 Å². The predicted octanol–water partition coefficient (Wildman–Crippen LogP) is 6.58. The molecule has 38 heavy (non-hydrogen) atoms. The van der Waals surface area contributed by atoms with Crippen molar-refractivity contribution in [1.29, 1.82) is 5.26 Å². The molecule has 1 aromatic heterocycles. The number of rotatable bonds is 10. The summed E-state index contributed by atoms with van der Waals surface area (Å²) < 4.78 is 10.9. The van der Waals surface area contributed by atoms with Gasteiger partial charge in [-0.05, 0) is 55.8 Å². The summed E-state index contributed by atoms with van der Waals surface area (Å²) in [6, 6.07) is 20.4. The number of anilines is 2. The highest BCUT2D eigenvalue weighted by molar-refractivity contribution is 7.14. The number of carbonyl (C=O) groups excluding carboxylic acids is 1. The SMILES string of the molecule is CCOc1cc(/C=N\NC(=O)c2ccc(-c3csc(Nc4ccc(C)cc4)n3)cc2)cc(Cl)c1OCC#N. The number of hydrogen-bond acceptors (Lipinski definition) is 8. The number of nitrogens with zero attached hydrogens (tertiary/aromatic N) is 3. The minimum absolute atomic E-state index is 0.157. The lowest BCUT2D eigenvalue weighted by Crippen LogP contribution is -2.17. The zero-order valence-electron chi connectivity index (χ0n) is 20.7. The summed E-state index contributed by atoms with van der Waals surface area (Å²) in [5.41, 5.74) is 7.45. The fraction of sp³-hybridized carbons (Fsp3) is 0.143. The molecule has 0 atom stereocenters. The molecule has 0 fully saturated rings. The van der Waals surface area contributed by atoms with Crippen LogP contribution in [-0.4, -0.2) is 30.3 Å². The van der Waals surface area contributed by atoms with Gasteiger partial charge in [-0.1, -0.05) is 41.4 Å². The Morgan fingerprint density at radius 2 is 1.92 bits per heavy atom. The molecule has 3 aromatic carbocycles. The largest absolute Gasteiger partial charge is 0.490 e. The van der Waals surface area contributed by atoms with Crippen molar-refractivity contribution in [3.8, 4) is 28.8 Å². The van der Waals surface area contributed by atoms with Gasteiger partial charge in [0.25, 0.3) is 5.91 Å². The van der Waals surface area contributed by atoms with E-state index < -0.39 is 0 Å². The average Bonchev–Trinajstić information content (AvgIpc) is 3.38. The van der Waals surface area contributed by atoms with Crippen LogP contribution in [0.3, 0.4) is 0 Å². The molecular formula is C28H24ClN5O3S. The summed E-state index contributed by atoms with van der Waals surface area (Å²) in [5, 5.41) is 19.1. The lowest BCUT2D eigenvalue weighted by molar-refractivity contribution is 0.0955. The maximum Gasteiger partial charge on any atom is 0.271 e. The van der Waals surface area contributed by atoms with Crippen LogP contribution in [0.2, 0.25) is 5.02 Å². The second kappa shape index (κ2) is 12.7. The molecule has 0 aliphatic heterocycles. The second-order valence-corrected chi connectivity index (χ2v) is 9.28. The van der Waals surface area contributed by atoms with Crippen LogP contribution in [0, 0.1) is 18.3 Å². The number of thiazole rings is 1. The Balaban J connectivity index is 1.38. The summed E-state index contributed by atoms with van der Waals surface area (Å²) in [7, 11) is 0. The molecule has 10 heteroatoms. The highest BCUT2D eigenvalue weighted by atomic mass is 35.5. The van der Waals surface area contributed by atoms with Gasteiger partial charge in [0.05, 0.1) is 23.5 Å². The monoisotopic (exact) mass is 545 g/mol. The van der Waals surface area contributed by atoms with Crippen molar-refractivity contribution in [2.24, 2.45) is 5.10 Å². The van der Waals surface area contributed by atoms with Crippen LogP contribution in [0.25, 0.3) is 11.3 Å². The smallest absolute Gasteiger partial charge is 0.271 e. The van der Waals surface area contributed by atoms with Gasteiger partial charge in [-0.25, -0.2) is 10.4 Å². The number of aromatic nitrogens is 1. The molecular weight excluding hydrogens is 522 g/mol. The first-order chi connectivity index (χ1) is 18.5. The zero-order valence-corrected chi connectivity index (χ0v) is 22.3. The third-order valence-corrected chi connectivity index (χ3v) is 6.28. The number of nitriles is 1. The molecule has 0 saturated heterocycles. The van der Waals surface area contributed by atoms with Gasteiger partial charge in [-0.15, -0.1) is 11.3 Å². The van der Waals surface area contributed by atoms with Gasteiger partial charge in [0.15, 0.2) is 23.2 Å². The van der Waals surface area contributed by atoms with E-state index in [2.05, 4.69) is 20.8 Å². The van der Waals surface area contributed by atoms with E-state index in [0.29, 0.717) is 23.5 Å². The molecule has 1 amide bonds. The maximum absolute atomic E-state index is 12.6. The van der Waals surface area contributed by atoms with E-state index in [1.807, 2.05) is 61.7 Å². The normalized spacial score (nSPS) is 10.7. The van der Waals surface area contributed by atoms with Crippen molar-refractivity contribution in [2.45, 2.75) is 13.8 Å². The summed E-state index contributed by atoms with van der Waals surface area (Å²) in [5.74, 6) is 0.310. The lowest BCUT2D eigenvalue weighted by Gasteiger charge is -2.12. The number of hydrogen-bond donors (Lipinski definition) is 2. The van der Waals surface area contributed by atoms with Crippen molar-refractivity contribution in [3.63, 3.8) is 0 Å². The molecule has 1 heterocycles. The molecule has 0 radical (unpaired) electrons. The molecule has 0 unspecified atom stereocenters. The predicted molar refractivity (Wildman–Crippen MR) is 151 cm³/mol. The highest BCUT2D eigenvalue weighted by Crippen LogP contribution is 2.36. The Kier molecular flexibility index (Phi) is 8.93. The van der Waals surface area contributed by atoms with Crippen molar-refractivity contribution in [3.05, 3.63) is 87.8 Å². The van der Waals surface area contributed by atoms with Gasteiger partial charge in [0, 0.05) is 22.2 Å². The summed E-state index contributed by atoms with van der Waals surface area (Å²) in [6.07, 6.45) is 1.45. The van der Waals surface area contributed by atoms with Gasteiger partial charge in [-0.2, -0.15) is 10.4 Å². The lowest BCUT2D eigenvalue weighted by atomic mass is 10.1. The fourth-order valence-corrected chi connectivity index (χ4v) is 4.43. The number of halogens is 1. The van der Waals surface area contributed by atoms with Crippen molar-refractivity contribution < 1.29 is 14.3 Å². The molecule has 0 bridgehead atoms. The molecule has 4 rings (SSSR count). The van der Waals surface area contributed by atoms with Crippen LogP contribution in [-0.2, 0) is 0 Å². The van der Waals surface area contributed by atoms with Crippen LogP contribution in [0.1, 0.15) is 28.4 Å². The number of nitrogens with one attached hydrogen (secondary N) is 2. The second-order valence-electron chi connectivity index (χ2n) is 8.02. The number of ether oxygens (including phenoxy) is 2. The first-order valence-corrected chi connectivity index (χ1v) is 12.9. The summed E-state index contributed by atoms with van der Waals surface area (Å²) >= 11 is 7.80. The van der Waals surface area contributed by atoms with Crippen LogP contribution >= 0.6 is 22.9 Å². The van der Waals surface area contributed by atoms with Gasteiger partial charge in [0.1, 0.15) is 6.07 Å². The van der Waals surface area contributed by atoms with Crippen molar-refractivity contribution >= 4 is 45.9 Å². The van der Waals surface area contributed by atoms with E-state index in [9.17, 15) is 4.79 Å². The number of aryl methyl sites for hydroxylation is 1. The van der Waals surface area contributed by atoms with Gasteiger partial charge >= 0.3 is 0 Å². The van der Waals surface area contributed by atoms with Crippen LogP contribution in [0.4, 0.5) is 10.8 Å². The molecule has 0 saturated carbocycles. The average molecular weight is 546 g/mol. The van der Waals surface area contributed by atoms with Crippen LogP contribution in [0.15, 0.2) is 71.1 Å². The Bertz CT molecular complexity index is 1480. The Labute approximate surface area is 229 Å². The third kappa shape index (κ3) is 6.88. The molecule has 2 N–H and O–H groups in total. The van der Waals surface area contributed by atoms with Gasteiger partial charge in [-0.3, -0.25) is 4.79 Å². The number of hydrazone groups is 1. The molecule has 4 aromatic rings. The topological polar surface area (TPSA) is 109 Å². The standard InChI is InChI=1S/C28H24ClN5O3S/c1-3-36-25-15-19(14-23(29)26(25)37-13-12-30)16-31-34-27(35)21-8-6-20(7-9-21)24-17-38-28(33-24)32-22-10-4-18(2)5-11-22/h4-11,14-17H,3,13H2,1-2H3,(H,32,33)(H,34,35)/b31-16-. The van der Waals surface area contributed by atoms with Crippen molar-refractivity contribution in [2.75, 3.05) is 18.5 Å². The van der Waals surface area contributed by atoms with Crippen LogP contribution < -0.4 is 20.2 Å². The maximum atomic E-state index is 12.6. The third-order valence-electron chi connectivity index (χ3n) is 5.24. The molecule has 0 aliphatic carbocycles. The molecule has 0 spiro atoms. The quantitative estimate of drug-likeness (QED) is 0.172. The molecule has 8 nitrogen and oxygen atoms in total. The van der Waals surface area contributed by atoms with E-state index in [1.165, 1.54) is 23.1 Å². The molecule has 0 aliphatic rings. The minimum atomic E-state index is -0.363. The van der Waals surface area contributed by atoms with Crippen LogP contribution in [0.5, 0.6) is 11.5 Å². The van der Waals surface area contributed by atoms with Gasteiger partial charge < -0.3 is 14.8 Å². The zero-order chi connectivity index (χ0) is 26.9. The van der Waals surface area contributed by atoms with Crippen molar-refractivity contribution in [1.82, 2.24) is 10.4 Å². The highest BCUT2D eigenvalue weighted by Gasteiger charge is 2.13. The minimum Gasteiger partial charge on any atom is -0.490 e. The first-order valence-electron chi connectivity index (χ1n) is 11.7. The Morgan fingerprint density at radius 1 is 1.16 bits per heavy atom. The Morgan fingerprint density at radius 3 is 2.63 bits per heavy atom. The van der Waals surface area contributed by atoms with Gasteiger partial charge in [0.2, 0.25) is 0 Å². The van der Waals surface area contributed by atoms with E-state index in [4.69, 9.17) is 26.3 Å². The first kappa shape index (κ1) is 26.7. The van der Waals surface area contributed by atoms with E-state index in [0.717, 1.165) is 22.1 Å². The fourth-order valence-electron chi connectivity index (χ4n) is 3.42. The summed E-state index contributed by atoms with van der Waals surface area (Å²) in [6.45, 7) is 4.10. The van der Waals surface area contributed by atoms with E-state index in [-0.39, 0.29) is 23.3 Å². The number of amides is 1. The molecule has 192 valence electrons. The number of benzene rings is 3.